The average Bonchev–Trinajstić information content (AvgIpc) is 2.09. The first-order valence-electron chi connectivity index (χ1n) is 3.63. The van der Waals surface area contributed by atoms with E-state index in [4.69, 9.17) is 4.74 Å². The van der Waals surface area contributed by atoms with E-state index in [1.807, 2.05) is 37.4 Å². The summed E-state index contributed by atoms with van der Waals surface area (Å²) in [6.07, 6.45) is 0.0104. The van der Waals surface area contributed by atoms with Gasteiger partial charge in [0, 0.05) is 7.11 Å². The van der Waals surface area contributed by atoms with Gasteiger partial charge in [-0.1, -0.05) is 30.3 Å². The van der Waals surface area contributed by atoms with E-state index in [1.165, 1.54) is 0 Å². The Balaban J connectivity index is 2.74. The molecule has 1 N–H and O–H groups in total. The minimum absolute atomic E-state index is 0.0104. The Morgan fingerprint density at radius 1 is 1.27 bits per heavy atom. The van der Waals surface area contributed by atoms with Crippen molar-refractivity contribution in [2.24, 2.45) is 0 Å². The Morgan fingerprint density at radius 3 is 2.36 bits per heavy atom. The monoisotopic (exact) mass is 151 g/mol. The maximum Gasteiger partial charge on any atom is 0.133 e. The van der Waals surface area contributed by atoms with Gasteiger partial charge in [-0.2, -0.15) is 0 Å². The molecule has 1 atom stereocenters. The topological polar surface area (TPSA) is 21.3 Å². The number of hydrogen-bond donors (Lipinski definition) is 1. The first-order valence-corrected chi connectivity index (χ1v) is 3.63. The van der Waals surface area contributed by atoms with Crippen molar-refractivity contribution >= 4 is 0 Å². The van der Waals surface area contributed by atoms with Crippen molar-refractivity contribution in [3.63, 3.8) is 0 Å². The van der Waals surface area contributed by atoms with Gasteiger partial charge in [-0.3, -0.25) is 5.32 Å². The van der Waals surface area contributed by atoms with Crippen molar-refractivity contribution in [1.82, 2.24) is 5.32 Å². The molecule has 2 heteroatoms. The molecule has 2 nitrogen and oxygen atoms in total. The fourth-order valence-corrected chi connectivity index (χ4v) is 1.05. The van der Waals surface area contributed by atoms with E-state index in [-0.39, 0.29) is 6.23 Å². The standard InChI is InChI=1S/C9H13NO/c1-10-9(11-2)8-6-4-3-5-7-8/h3-7,9-10H,1-2H3. The quantitative estimate of drug-likeness (QED) is 0.662. The van der Waals surface area contributed by atoms with E-state index in [1.54, 1.807) is 7.11 Å². The highest BCUT2D eigenvalue weighted by Crippen LogP contribution is 2.11. The van der Waals surface area contributed by atoms with Gasteiger partial charge in [0.15, 0.2) is 0 Å². The summed E-state index contributed by atoms with van der Waals surface area (Å²) in [5, 5.41) is 3.05. The summed E-state index contributed by atoms with van der Waals surface area (Å²) in [5.41, 5.74) is 1.15. The number of methoxy groups -OCH3 is 1. The minimum Gasteiger partial charge on any atom is -0.362 e. The number of hydrogen-bond acceptors (Lipinski definition) is 2. The summed E-state index contributed by atoms with van der Waals surface area (Å²) in [6.45, 7) is 0. The zero-order valence-corrected chi connectivity index (χ0v) is 6.87. The van der Waals surface area contributed by atoms with Crippen molar-refractivity contribution < 1.29 is 4.74 Å². The molecule has 0 radical (unpaired) electrons. The molecule has 0 fully saturated rings. The molecule has 1 aromatic rings. The molecule has 0 bridgehead atoms. The Morgan fingerprint density at radius 2 is 1.91 bits per heavy atom. The van der Waals surface area contributed by atoms with Gasteiger partial charge in [0.05, 0.1) is 0 Å². The molecule has 0 saturated heterocycles. The zero-order valence-electron chi connectivity index (χ0n) is 6.87. The summed E-state index contributed by atoms with van der Waals surface area (Å²) >= 11 is 0. The molecular formula is C9H13NO. The number of rotatable bonds is 3. The molecule has 0 aromatic heterocycles. The molecule has 0 spiro atoms. The highest BCUT2D eigenvalue weighted by Gasteiger charge is 2.04. The normalized spacial score (nSPS) is 12.9. The van der Waals surface area contributed by atoms with Crippen molar-refractivity contribution in [2.45, 2.75) is 6.23 Å². The average molecular weight is 151 g/mol. The van der Waals surface area contributed by atoms with Gasteiger partial charge in [-0.05, 0) is 12.6 Å². The highest BCUT2D eigenvalue weighted by molar-refractivity contribution is 5.16. The van der Waals surface area contributed by atoms with Crippen LogP contribution in [0.15, 0.2) is 30.3 Å². The molecule has 1 aromatic carbocycles. The molecule has 0 aliphatic heterocycles. The second-order valence-corrected chi connectivity index (χ2v) is 2.32. The molecule has 1 rings (SSSR count). The lowest BCUT2D eigenvalue weighted by molar-refractivity contribution is 0.0809. The summed E-state index contributed by atoms with van der Waals surface area (Å²) in [5.74, 6) is 0. The van der Waals surface area contributed by atoms with Crippen LogP contribution in [0.1, 0.15) is 11.8 Å². The van der Waals surface area contributed by atoms with E-state index in [0.29, 0.717) is 0 Å². The van der Waals surface area contributed by atoms with Gasteiger partial charge in [0.25, 0.3) is 0 Å². The van der Waals surface area contributed by atoms with E-state index in [9.17, 15) is 0 Å². The second-order valence-electron chi connectivity index (χ2n) is 2.32. The predicted octanol–water partition coefficient (Wildman–Crippen LogP) is 1.55. The lowest BCUT2D eigenvalue weighted by Crippen LogP contribution is -2.17. The smallest absolute Gasteiger partial charge is 0.133 e. The number of benzene rings is 1. The van der Waals surface area contributed by atoms with Crippen LogP contribution in [0, 0.1) is 0 Å². The Kier molecular flexibility index (Phi) is 3.08. The van der Waals surface area contributed by atoms with Crippen molar-refractivity contribution in [1.29, 1.82) is 0 Å². The molecule has 0 heterocycles. The molecule has 0 amide bonds. The summed E-state index contributed by atoms with van der Waals surface area (Å²) in [4.78, 5) is 0. The van der Waals surface area contributed by atoms with Crippen LogP contribution in [0.25, 0.3) is 0 Å². The Bertz CT molecular complexity index is 194. The third-order valence-electron chi connectivity index (χ3n) is 1.60. The van der Waals surface area contributed by atoms with E-state index in [0.717, 1.165) is 5.56 Å². The lowest BCUT2D eigenvalue weighted by Gasteiger charge is -2.13. The largest absolute Gasteiger partial charge is 0.362 e. The predicted molar refractivity (Wildman–Crippen MR) is 45.3 cm³/mol. The van der Waals surface area contributed by atoms with Crippen molar-refractivity contribution in [3.05, 3.63) is 35.9 Å². The van der Waals surface area contributed by atoms with Crippen LogP contribution in [-0.4, -0.2) is 14.2 Å². The summed E-state index contributed by atoms with van der Waals surface area (Å²) in [7, 11) is 3.56. The van der Waals surface area contributed by atoms with Gasteiger partial charge in [0.2, 0.25) is 0 Å². The van der Waals surface area contributed by atoms with Crippen LogP contribution >= 0.6 is 0 Å². The van der Waals surface area contributed by atoms with E-state index < -0.39 is 0 Å². The van der Waals surface area contributed by atoms with Gasteiger partial charge in [-0.15, -0.1) is 0 Å². The van der Waals surface area contributed by atoms with Gasteiger partial charge >= 0.3 is 0 Å². The molecule has 0 aliphatic rings. The second kappa shape index (κ2) is 4.11. The molecule has 11 heavy (non-hydrogen) atoms. The zero-order chi connectivity index (χ0) is 8.10. The third-order valence-corrected chi connectivity index (χ3v) is 1.60. The summed E-state index contributed by atoms with van der Waals surface area (Å²) in [6, 6.07) is 10.1. The molecule has 0 saturated carbocycles. The van der Waals surface area contributed by atoms with Crippen LogP contribution in [0.5, 0.6) is 0 Å². The first kappa shape index (κ1) is 8.24. The van der Waals surface area contributed by atoms with Crippen LogP contribution in [0.4, 0.5) is 0 Å². The fourth-order valence-electron chi connectivity index (χ4n) is 1.05. The summed E-state index contributed by atoms with van der Waals surface area (Å²) < 4.78 is 5.17. The van der Waals surface area contributed by atoms with Gasteiger partial charge in [-0.25, -0.2) is 0 Å². The Hall–Kier alpha value is -0.860. The third kappa shape index (κ3) is 2.03. The first-order chi connectivity index (χ1) is 5.38. The van der Waals surface area contributed by atoms with Crippen LogP contribution in [0.3, 0.4) is 0 Å². The Labute approximate surface area is 67.2 Å². The maximum absolute atomic E-state index is 5.17. The fraction of sp³-hybridized carbons (Fsp3) is 0.333. The van der Waals surface area contributed by atoms with Crippen molar-refractivity contribution in [3.8, 4) is 0 Å². The van der Waals surface area contributed by atoms with E-state index >= 15 is 0 Å². The number of ether oxygens (including phenoxy) is 1. The van der Waals surface area contributed by atoms with Gasteiger partial charge in [0.1, 0.15) is 6.23 Å². The highest BCUT2D eigenvalue weighted by atomic mass is 16.5. The van der Waals surface area contributed by atoms with E-state index in [2.05, 4.69) is 5.32 Å². The van der Waals surface area contributed by atoms with Crippen LogP contribution in [0.2, 0.25) is 0 Å². The SMILES string of the molecule is CNC(OC)c1ccccc1. The maximum atomic E-state index is 5.17. The molecular weight excluding hydrogens is 138 g/mol. The lowest BCUT2D eigenvalue weighted by atomic mass is 10.2. The van der Waals surface area contributed by atoms with Crippen LogP contribution < -0.4 is 5.32 Å². The molecule has 0 aliphatic carbocycles. The minimum atomic E-state index is 0.0104. The van der Waals surface area contributed by atoms with Gasteiger partial charge < -0.3 is 4.74 Å². The van der Waals surface area contributed by atoms with Crippen LogP contribution in [-0.2, 0) is 4.74 Å². The number of nitrogens with one attached hydrogen (secondary N) is 1. The van der Waals surface area contributed by atoms with Crippen molar-refractivity contribution in [2.75, 3.05) is 14.2 Å². The molecule has 60 valence electrons. The molecule has 1 unspecified atom stereocenters.